The highest BCUT2D eigenvalue weighted by Gasteiger charge is 2.16. The number of hydrogen-bond donors (Lipinski definition) is 2. The summed E-state index contributed by atoms with van der Waals surface area (Å²) in [5.74, 6) is 1.14. The molecule has 0 saturated carbocycles. The number of anilines is 1. The van der Waals surface area contributed by atoms with Gasteiger partial charge in [0.25, 0.3) is 15.9 Å². The van der Waals surface area contributed by atoms with Crippen LogP contribution < -0.4 is 24.2 Å². The largest absolute Gasteiger partial charge is 0.496 e. The molecule has 2 N–H and O–H groups in total. The van der Waals surface area contributed by atoms with Crippen LogP contribution in [0.5, 0.6) is 17.2 Å². The average molecular weight is 505 g/mol. The topological polar surface area (TPSA) is 103 Å². The SMILES string of the molecule is COc1ccc(NS(=O)(=O)c2ccc(OCC(=O)N[C@@H](C)c3ccccc3OC)cc2)cc1Cl. The minimum atomic E-state index is -3.85. The Morgan fingerprint density at radius 1 is 0.971 bits per heavy atom. The highest BCUT2D eigenvalue weighted by molar-refractivity contribution is 7.92. The number of benzene rings is 3. The van der Waals surface area contributed by atoms with E-state index >= 15 is 0 Å². The van der Waals surface area contributed by atoms with Gasteiger partial charge in [0.15, 0.2) is 6.61 Å². The molecular formula is C24H25ClN2O6S. The number of nitrogens with one attached hydrogen (secondary N) is 2. The first-order valence-electron chi connectivity index (χ1n) is 10.2. The lowest BCUT2D eigenvalue weighted by Gasteiger charge is -2.17. The van der Waals surface area contributed by atoms with Gasteiger partial charge in [-0.25, -0.2) is 8.42 Å². The molecule has 0 aliphatic rings. The van der Waals surface area contributed by atoms with Gasteiger partial charge in [0.05, 0.1) is 35.9 Å². The Balaban J connectivity index is 1.57. The van der Waals surface area contributed by atoms with Crippen molar-refractivity contribution in [2.24, 2.45) is 0 Å². The monoisotopic (exact) mass is 504 g/mol. The molecule has 8 nitrogen and oxygen atoms in total. The summed E-state index contributed by atoms with van der Waals surface area (Å²) in [5, 5.41) is 3.13. The van der Waals surface area contributed by atoms with Crippen LogP contribution in [0.1, 0.15) is 18.5 Å². The zero-order valence-electron chi connectivity index (χ0n) is 18.9. The zero-order valence-corrected chi connectivity index (χ0v) is 20.4. The summed E-state index contributed by atoms with van der Waals surface area (Å²) >= 11 is 6.05. The number of sulfonamides is 1. The Morgan fingerprint density at radius 2 is 1.65 bits per heavy atom. The molecule has 0 unspecified atom stereocenters. The molecule has 0 spiro atoms. The molecule has 3 rings (SSSR count). The summed E-state index contributed by atoms with van der Waals surface area (Å²) in [7, 11) is -0.804. The normalized spacial score (nSPS) is 11.9. The summed E-state index contributed by atoms with van der Waals surface area (Å²) in [6.45, 7) is 1.62. The lowest BCUT2D eigenvalue weighted by molar-refractivity contribution is -0.123. The van der Waals surface area contributed by atoms with Gasteiger partial charge in [-0.15, -0.1) is 0 Å². The zero-order chi connectivity index (χ0) is 24.7. The number of carbonyl (C=O) groups is 1. The lowest BCUT2D eigenvalue weighted by Crippen LogP contribution is -2.31. The second-order valence-corrected chi connectivity index (χ2v) is 9.34. The summed E-state index contributed by atoms with van der Waals surface area (Å²) in [6, 6.07) is 17.4. The van der Waals surface area contributed by atoms with Gasteiger partial charge in [-0.1, -0.05) is 29.8 Å². The quantitative estimate of drug-likeness (QED) is 0.424. The van der Waals surface area contributed by atoms with E-state index in [-0.39, 0.29) is 28.5 Å². The third-order valence-corrected chi connectivity index (χ3v) is 6.58. The van der Waals surface area contributed by atoms with E-state index in [4.69, 9.17) is 25.8 Å². The van der Waals surface area contributed by atoms with E-state index in [1.807, 2.05) is 31.2 Å². The van der Waals surface area contributed by atoms with Crippen molar-refractivity contribution in [3.63, 3.8) is 0 Å². The van der Waals surface area contributed by atoms with Crippen molar-refractivity contribution in [3.05, 3.63) is 77.3 Å². The molecule has 0 radical (unpaired) electrons. The van der Waals surface area contributed by atoms with Gasteiger partial charge in [-0.05, 0) is 55.5 Å². The van der Waals surface area contributed by atoms with Crippen molar-refractivity contribution in [1.29, 1.82) is 0 Å². The van der Waals surface area contributed by atoms with Crippen LogP contribution >= 0.6 is 11.6 Å². The predicted octanol–water partition coefficient (Wildman–Crippen LogP) is 4.41. The number of methoxy groups -OCH3 is 2. The first-order valence-corrected chi connectivity index (χ1v) is 12.1. The van der Waals surface area contributed by atoms with E-state index in [0.717, 1.165) is 5.56 Å². The molecule has 0 aliphatic carbocycles. The van der Waals surface area contributed by atoms with Crippen molar-refractivity contribution in [2.45, 2.75) is 17.9 Å². The minimum absolute atomic E-state index is 0.0287. The Morgan fingerprint density at radius 3 is 2.29 bits per heavy atom. The highest BCUT2D eigenvalue weighted by Crippen LogP contribution is 2.29. The number of hydrogen-bond acceptors (Lipinski definition) is 6. The number of amides is 1. The van der Waals surface area contributed by atoms with Gasteiger partial charge in [0, 0.05) is 5.56 Å². The molecule has 0 fully saturated rings. The van der Waals surface area contributed by atoms with E-state index in [9.17, 15) is 13.2 Å². The van der Waals surface area contributed by atoms with Gasteiger partial charge in [-0.2, -0.15) is 0 Å². The molecule has 0 aromatic heterocycles. The Bertz CT molecular complexity index is 1250. The first-order chi connectivity index (χ1) is 16.2. The van der Waals surface area contributed by atoms with Crippen LogP contribution in [-0.4, -0.2) is 35.2 Å². The van der Waals surface area contributed by atoms with Crippen LogP contribution in [0.15, 0.2) is 71.6 Å². The van der Waals surface area contributed by atoms with Crippen LogP contribution in [0, 0.1) is 0 Å². The molecule has 1 amide bonds. The third-order valence-electron chi connectivity index (χ3n) is 4.89. The van der Waals surface area contributed by atoms with Crippen molar-refractivity contribution in [1.82, 2.24) is 5.32 Å². The predicted molar refractivity (Wildman–Crippen MR) is 130 cm³/mol. The van der Waals surface area contributed by atoms with E-state index in [1.165, 1.54) is 37.4 Å². The molecule has 34 heavy (non-hydrogen) atoms. The fourth-order valence-corrected chi connectivity index (χ4v) is 4.50. The number of halogens is 1. The maximum atomic E-state index is 12.7. The van der Waals surface area contributed by atoms with Crippen LogP contribution in [0.3, 0.4) is 0 Å². The molecule has 0 bridgehead atoms. The molecule has 10 heteroatoms. The van der Waals surface area contributed by atoms with Crippen molar-refractivity contribution in [2.75, 3.05) is 25.5 Å². The van der Waals surface area contributed by atoms with E-state index in [2.05, 4.69) is 10.0 Å². The fourth-order valence-electron chi connectivity index (χ4n) is 3.19. The maximum Gasteiger partial charge on any atom is 0.261 e. The van der Waals surface area contributed by atoms with Crippen LogP contribution in [0.25, 0.3) is 0 Å². The molecule has 3 aromatic rings. The number of para-hydroxylation sites is 1. The van der Waals surface area contributed by atoms with Gasteiger partial charge in [-0.3, -0.25) is 9.52 Å². The molecule has 3 aromatic carbocycles. The first kappa shape index (κ1) is 25.2. The van der Waals surface area contributed by atoms with Gasteiger partial charge >= 0.3 is 0 Å². The van der Waals surface area contributed by atoms with Crippen molar-refractivity contribution in [3.8, 4) is 17.2 Å². The number of carbonyl (C=O) groups excluding carboxylic acids is 1. The lowest BCUT2D eigenvalue weighted by atomic mass is 10.1. The molecule has 0 saturated heterocycles. The van der Waals surface area contributed by atoms with Crippen molar-refractivity contribution < 1.29 is 27.4 Å². The second-order valence-electron chi connectivity index (χ2n) is 7.25. The molecule has 0 aliphatic heterocycles. The van der Waals surface area contributed by atoms with Crippen molar-refractivity contribution >= 4 is 33.2 Å². The molecule has 0 heterocycles. The van der Waals surface area contributed by atoms with Gasteiger partial charge in [0.1, 0.15) is 17.2 Å². The third kappa shape index (κ3) is 6.33. The fraction of sp³-hybridized carbons (Fsp3) is 0.208. The second kappa shape index (κ2) is 11.1. The summed E-state index contributed by atoms with van der Waals surface area (Å²) in [5.41, 5.74) is 1.14. The number of rotatable bonds is 10. The Kier molecular flexibility index (Phi) is 8.25. The smallest absolute Gasteiger partial charge is 0.261 e. The summed E-state index contributed by atoms with van der Waals surface area (Å²) in [6.07, 6.45) is 0. The summed E-state index contributed by atoms with van der Waals surface area (Å²) in [4.78, 5) is 12.3. The number of ether oxygens (including phenoxy) is 3. The van der Waals surface area contributed by atoms with Gasteiger partial charge in [0.2, 0.25) is 0 Å². The standard InChI is InChI=1S/C24H25ClN2O6S/c1-16(20-6-4-5-7-22(20)31-2)26-24(28)15-33-18-9-11-19(12-10-18)34(29,30)27-17-8-13-23(32-3)21(25)14-17/h4-14,16,27H,15H2,1-3H3,(H,26,28)/t16-/m0/s1. The molecular weight excluding hydrogens is 480 g/mol. The van der Waals surface area contributed by atoms with E-state index in [0.29, 0.717) is 22.9 Å². The Hall–Kier alpha value is -3.43. The van der Waals surface area contributed by atoms with Crippen LogP contribution in [-0.2, 0) is 14.8 Å². The maximum absolute atomic E-state index is 12.7. The minimum Gasteiger partial charge on any atom is -0.496 e. The van der Waals surface area contributed by atoms with Crippen LogP contribution in [0.2, 0.25) is 5.02 Å². The molecule has 1 atom stereocenters. The average Bonchev–Trinajstić information content (AvgIpc) is 2.83. The van der Waals surface area contributed by atoms with E-state index < -0.39 is 10.0 Å². The van der Waals surface area contributed by atoms with Crippen LogP contribution in [0.4, 0.5) is 5.69 Å². The molecule has 180 valence electrons. The van der Waals surface area contributed by atoms with Gasteiger partial charge < -0.3 is 19.5 Å². The Labute approximate surface area is 203 Å². The summed E-state index contributed by atoms with van der Waals surface area (Å²) < 4.78 is 43.6. The highest BCUT2D eigenvalue weighted by atomic mass is 35.5. The van der Waals surface area contributed by atoms with E-state index in [1.54, 1.807) is 19.2 Å².